The first-order valence-corrected chi connectivity index (χ1v) is 6.87. The SMILES string of the molecule is CC(C)c1noc(CCC(=O)NCC(O)c2ccco2)n1. The summed E-state index contributed by atoms with van der Waals surface area (Å²) in [5.74, 6) is 1.51. The standard InChI is InChI=1S/C14H19N3O4/c1-9(2)14-16-13(21-17-14)6-5-12(19)15-8-10(18)11-4-3-7-20-11/h3-4,7,9-10,18H,5-6,8H2,1-2H3,(H,15,19). The van der Waals surface area contributed by atoms with Crippen LogP contribution in [0.25, 0.3) is 0 Å². The molecule has 1 unspecified atom stereocenters. The number of aromatic nitrogens is 2. The van der Waals surface area contributed by atoms with Crippen LogP contribution in [0.15, 0.2) is 27.3 Å². The summed E-state index contributed by atoms with van der Waals surface area (Å²) in [6, 6.07) is 3.34. The Hall–Kier alpha value is -2.15. The minimum absolute atomic E-state index is 0.105. The second-order valence-corrected chi connectivity index (χ2v) is 5.04. The lowest BCUT2D eigenvalue weighted by Gasteiger charge is -2.08. The number of hydrogen-bond acceptors (Lipinski definition) is 6. The van der Waals surface area contributed by atoms with Gasteiger partial charge in [-0.15, -0.1) is 0 Å². The molecular weight excluding hydrogens is 274 g/mol. The van der Waals surface area contributed by atoms with Crippen LogP contribution in [-0.2, 0) is 11.2 Å². The van der Waals surface area contributed by atoms with E-state index in [1.54, 1.807) is 12.1 Å². The number of carbonyl (C=O) groups excluding carboxylic acids is 1. The number of aliphatic hydroxyl groups excluding tert-OH is 1. The van der Waals surface area contributed by atoms with Crippen molar-refractivity contribution >= 4 is 5.91 Å². The van der Waals surface area contributed by atoms with E-state index in [0.717, 1.165) is 0 Å². The van der Waals surface area contributed by atoms with E-state index in [9.17, 15) is 9.90 Å². The van der Waals surface area contributed by atoms with Gasteiger partial charge >= 0.3 is 0 Å². The van der Waals surface area contributed by atoms with E-state index in [1.807, 2.05) is 13.8 Å². The van der Waals surface area contributed by atoms with Gasteiger partial charge in [0.25, 0.3) is 0 Å². The Morgan fingerprint density at radius 2 is 2.29 bits per heavy atom. The molecule has 0 aromatic carbocycles. The van der Waals surface area contributed by atoms with Crippen molar-refractivity contribution < 1.29 is 18.8 Å². The summed E-state index contributed by atoms with van der Waals surface area (Å²) in [4.78, 5) is 15.9. The predicted octanol–water partition coefficient (Wildman–Crippen LogP) is 1.57. The van der Waals surface area contributed by atoms with Gasteiger partial charge in [-0.25, -0.2) is 0 Å². The summed E-state index contributed by atoms with van der Waals surface area (Å²) in [7, 11) is 0. The number of amides is 1. The van der Waals surface area contributed by atoms with E-state index < -0.39 is 6.10 Å². The summed E-state index contributed by atoms with van der Waals surface area (Å²) < 4.78 is 10.1. The molecule has 0 aliphatic rings. The zero-order valence-corrected chi connectivity index (χ0v) is 12.1. The third-order valence-corrected chi connectivity index (χ3v) is 2.93. The molecule has 21 heavy (non-hydrogen) atoms. The molecule has 2 aromatic rings. The van der Waals surface area contributed by atoms with Gasteiger partial charge in [-0.1, -0.05) is 19.0 Å². The van der Waals surface area contributed by atoms with Gasteiger partial charge in [-0.05, 0) is 12.1 Å². The third-order valence-electron chi connectivity index (χ3n) is 2.93. The molecule has 7 nitrogen and oxygen atoms in total. The average molecular weight is 293 g/mol. The molecule has 0 radical (unpaired) electrons. The van der Waals surface area contributed by atoms with Crippen LogP contribution in [0.5, 0.6) is 0 Å². The van der Waals surface area contributed by atoms with Crippen molar-refractivity contribution in [3.63, 3.8) is 0 Å². The lowest BCUT2D eigenvalue weighted by molar-refractivity contribution is -0.121. The van der Waals surface area contributed by atoms with Crippen molar-refractivity contribution in [3.8, 4) is 0 Å². The van der Waals surface area contributed by atoms with Crippen LogP contribution in [0.4, 0.5) is 0 Å². The Bertz CT molecular complexity index is 563. The highest BCUT2D eigenvalue weighted by Gasteiger charge is 2.14. The van der Waals surface area contributed by atoms with E-state index in [4.69, 9.17) is 8.94 Å². The Morgan fingerprint density at radius 3 is 2.90 bits per heavy atom. The summed E-state index contributed by atoms with van der Waals surface area (Å²) >= 11 is 0. The molecule has 2 heterocycles. The normalized spacial score (nSPS) is 12.6. The number of nitrogens with zero attached hydrogens (tertiary/aromatic N) is 2. The summed E-state index contributed by atoms with van der Waals surface area (Å²) in [6.07, 6.45) is 1.23. The fourth-order valence-electron chi connectivity index (χ4n) is 1.70. The van der Waals surface area contributed by atoms with Crippen molar-refractivity contribution in [1.29, 1.82) is 0 Å². The van der Waals surface area contributed by atoms with Crippen molar-refractivity contribution in [2.45, 2.75) is 38.7 Å². The molecule has 0 bridgehead atoms. The number of rotatable bonds is 7. The van der Waals surface area contributed by atoms with E-state index >= 15 is 0 Å². The van der Waals surface area contributed by atoms with Crippen molar-refractivity contribution in [2.24, 2.45) is 0 Å². The molecule has 0 saturated carbocycles. The van der Waals surface area contributed by atoms with Gasteiger partial charge in [0.1, 0.15) is 11.9 Å². The Balaban J connectivity index is 1.72. The third kappa shape index (κ3) is 4.42. The minimum atomic E-state index is -0.847. The molecule has 1 atom stereocenters. The van der Waals surface area contributed by atoms with Crippen LogP contribution in [0.1, 0.15) is 49.8 Å². The topological polar surface area (TPSA) is 101 Å². The largest absolute Gasteiger partial charge is 0.467 e. The summed E-state index contributed by atoms with van der Waals surface area (Å²) in [5, 5.41) is 16.2. The van der Waals surface area contributed by atoms with Gasteiger partial charge in [-0.2, -0.15) is 4.98 Å². The van der Waals surface area contributed by atoms with E-state index in [0.29, 0.717) is 23.9 Å². The average Bonchev–Trinajstić information content (AvgIpc) is 3.13. The number of nitrogens with one attached hydrogen (secondary N) is 1. The van der Waals surface area contributed by atoms with Crippen LogP contribution in [0, 0.1) is 0 Å². The monoisotopic (exact) mass is 293 g/mol. The lowest BCUT2D eigenvalue weighted by Crippen LogP contribution is -2.28. The van der Waals surface area contributed by atoms with Crippen molar-refractivity contribution in [3.05, 3.63) is 35.9 Å². The molecule has 1 amide bonds. The van der Waals surface area contributed by atoms with Crippen molar-refractivity contribution in [1.82, 2.24) is 15.5 Å². The number of aliphatic hydroxyl groups is 1. The van der Waals surface area contributed by atoms with E-state index in [-0.39, 0.29) is 24.8 Å². The Kier molecular flexibility index (Phi) is 5.10. The second kappa shape index (κ2) is 7.03. The maximum absolute atomic E-state index is 11.7. The highest BCUT2D eigenvalue weighted by molar-refractivity contribution is 5.76. The number of hydrogen-bond donors (Lipinski definition) is 2. The number of aryl methyl sites for hydroxylation is 1. The lowest BCUT2D eigenvalue weighted by atomic mass is 10.2. The summed E-state index contributed by atoms with van der Waals surface area (Å²) in [6.45, 7) is 4.04. The van der Waals surface area contributed by atoms with Crippen LogP contribution in [0.3, 0.4) is 0 Å². The molecule has 2 aromatic heterocycles. The molecule has 2 N–H and O–H groups in total. The van der Waals surface area contributed by atoms with Crippen LogP contribution >= 0.6 is 0 Å². The molecule has 114 valence electrons. The first-order valence-electron chi connectivity index (χ1n) is 6.87. The Labute approximate surface area is 122 Å². The summed E-state index contributed by atoms with van der Waals surface area (Å²) in [5.41, 5.74) is 0. The highest BCUT2D eigenvalue weighted by atomic mass is 16.5. The second-order valence-electron chi connectivity index (χ2n) is 5.04. The van der Waals surface area contributed by atoms with Crippen LogP contribution < -0.4 is 5.32 Å². The van der Waals surface area contributed by atoms with Gasteiger partial charge in [0, 0.05) is 18.8 Å². The van der Waals surface area contributed by atoms with Gasteiger partial charge in [-0.3, -0.25) is 4.79 Å². The molecule has 0 aliphatic carbocycles. The van der Waals surface area contributed by atoms with E-state index in [1.165, 1.54) is 6.26 Å². The fourth-order valence-corrected chi connectivity index (χ4v) is 1.70. The van der Waals surface area contributed by atoms with Gasteiger partial charge in [0.15, 0.2) is 5.82 Å². The number of furan rings is 1. The fraction of sp³-hybridized carbons (Fsp3) is 0.500. The first kappa shape index (κ1) is 15.2. The molecular formula is C14H19N3O4. The minimum Gasteiger partial charge on any atom is -0.467 e. The molecule has 0 saturated heterocycles. The van der Waals surface area contributed by atoms with Gasteiger partial charge < -0.3 is 19.4 Å². The molecule has 0 spiro atoms. The first-order chi connectivity index (χ1) is 10.1. The van der Waals surface area contributed by atoms with Crippen molar-refractivity contribution in [2.75, 3.05) is 6.54 Å². The van der Waals surface area contributed by atoms with Gasteiger partial charge in [0.05, 0.1) is 12.8 Å². The van der Waals surface area contributed by atoms with E-state index in [2.05, 4.69) is 15.5 Å². The molecule has 7 heteroatoms. The highest BCUT2D eigenvalue weighted by Crippen LogP contribution is 2.12. The maximum atomic E-state index is 11.7. The van der Waals surface area contributed by atoms with Crippen LogP contribution in [-0.4, -0.2) is 27.7 Å². The predicted molar refractivity (Wildman–Crippen MR) is 73.4 cm³/mol. The Morgan fingerprint density at radius 1 is 1.48 bits per heavy atom. The smallest absolute Gasteiger partial charge is 0.227 e. The number of carbonyl (C=O) groups is 1. The van der Waals surface area contributed by atoms with Crippen LogP contribution in [0.2, 0.25) is 0 Å². The quantitative estimate of drug-likeness (QED) is 0.803. The molecule has 0 fully saturated rings. The zero-order valence-electron chi connectivity index (χ0n) is 12.1. The van der Waals surface area contributed by atoms with Gasteiger partial charge in [0.2, 0.25) is 11.8 Å². The zero-order chi connectivity index (χ0) is 15.2. The molecule has 2 rings (SSSR count). The maximum Gasteiger partial charge on any atom is 0.227 e. The molecule has 0 aliphatic heterocycles.